The number of ether oxygens (including phenoxy) is 7. The molecule has 9 heteroatoms. The summed E-state index contributed by atoms with van der Waals surface area (Å²) in [6.45, 7) is 4.99. The lowest BCUT2D eigenvalue weighted by Gasteiger charge is -2.39. The van der Waals surface area contributed by atoms with Gasteiger partial charge >= 0.3 is 11.9 Å². The fraction of sp³-hybridized carbons (Fsp3) is 0.920. The Morgan fingerprint density at radius 3 is 1.74 bits per heavy atom. The van der Waals surface area contributed by atoms with Crippen molar-refractivity contribution in [2.75, 3.05) is 19.8 Å². The number of rotatable bonds is 6. The van der Waals surface area contributed by atoms with Gasteiger partial charge in [-0.3, -0.25) is 9.59 Å². The van der Waals surface area contributed by atoms with Crippen LogP contribution in [0.15, 0.2) is 0 Å². The zero-order valence-corrected chi connectivity index (χ0v) is 20.2. The summed E-state index contributed by atoms with van der Waals surface area (Å²) < 4.78 is 41.3. The van der Waals surface area contributed by atoms with Crippen molar-refractivity contribution in [3.63, 3.8) is 0 Å². The minimum absolute atomic E-state index is 0.0158. The minimum Gasteiger partial charge on any atom is -0.466 e. The zero-order valence-electron chi connectivity index (χ0n) is 20.2. The van der Waals surface area contributed by atoms with Gasteiger partial charge in [-0.15, -0.1) is 0 Å². The summed E-state index contributed by atoms with van der Waals surface area (Å²) in [5.41, 5.74) is 0. The van der Waals surface area contributed by atoms with E-state index in [2.05, 4.69) is 0 Å². The third kappa shape index (κ3) is 5.00. The quantitative estimate of drug-likeness (QED) is 0.529. The first-order valence-corrected chi connectivity index (χ1v) is 13.1. The molecular weight excluding hydrogens is 444 g/mol. The van der Waals surface area contributed by atoms with E-state index >= 15 is 0 Å². The van der Waals surface area contributed by atoms with Crippen LogP contribution in [0, 0.1) is 23.7 Å². The molecule has 6 atom stereocenters. The van der Waals surface area contributed by atoms with E-state index in [4.69, 9.17) is 33.2 Å². The maximum atomic E-state index is 12.0. The topological polar surface area (TPSA) is 98.8 Å². The summed E-state index contributed by atoms with van der Waals surface area (Å²) in [5, 5.41) is 0. The molecule has 3 heterocycles. The molecule has 6 unspecified atom stereocenters. The van der Waals surface area contributed by atoms with Gasteiger partial charge in [0.2, 0.25) is 0 Å². The first kappa shape index (κ1) is 24.4. The van der Waals surface area contributed by atoms with Crippen molar-refractivity contribution in [2.45, 2.75) is 102 Å². The van der Waals surface area contributed by atoms with Crippen molar-refractivity contribution in [2.24, 2.45) is 23.7 Å². The van der Waals surface area contributed by atoms with Crippen LogP contribution in [0.4, 0.5) is 0 Å². The van der Waals surface area contributed by atoms with Gasteiger partial charge in [-0.05, 0) is 65.2 Å². The lowest BCUT2D eigenvalue weighted by atomic mass is 9.81. The van der Waals surface area contributed by atoms with E-state index in [1.165, 1.54) is 0 Å². The van der Waals surface area contributed by atoms with Gasteiger partial charge in [-0.25, -0.2) is 0 Å². The molecule has 2 saturated carbocycles. The van der Waals surface area contributed by atoms with Crippen LogP contribution in [0.2, 0.25) is 0 Å². The highest BCUT2D eigenvalue weighted by atomic mass is 16.8. The van der Waals surface area contributed by atoms with Gasteiger partial charge < -0.3 is 33.2 Å². The molecule has 0 spiro atoms. The third-order valence-electron chi connectivity index (χ3n) is 8.10. The number of esters is 2. The fourth-order valence-electron chi connectivity index (χ4n) is 6.19. The maximum Gasteiger partial charge on any atom is 0.308 e. The first-order chi connectivity index (χ1) is 16.6. The van der Waals surface area contributed by atoms with Crippen LogP contribution < -0.4 is 0 Å². The van der Waals surface area contributed by atoms with Crippen LogP contribution in [-0.2, 0) is 42.7 Å². The van der Waals surface area contributed by atoms with E-state index in [0.29, 0.717) is 19.8 Å². The normalized spacial score (nSPS) is 44.2. The van der Waals surface area contributed by atoms with Crippen LogP contribution in [0.1, 0.15) is 65.2 Å². The Bertz CT molecular complexity index is 713. The van der Waals surface area contributed by atoms with Gasteiger partial charge in [0.05, 0.1) is 31.7 Å². The average molecular weight is 483 g/mol. The summed E-state index contributed by atoms with van der Waals surface area (Å²) in [7, 11) is 0. The number of fused-ring (bicyclic) bond motifs is 3. The van der Waals surface area contributed by atoms with Crippen molar-refractivity contribution in [3.05, 3.63) is 0 Å². The highest BCUT2D eigenvalue weighted by Crippen LogP contribution is 2.44. The molecule has 3 saturated heterocycles. The van der Waals surface area contributed by atoms with Crippen molar-refractivity contribution in [1.82, 2.24) is 0 Å². The van der Waals surface area contributed by atoms with Crippen LogP contribution in [0.3, 0.4) is 0 Å². The van der Waals surface area contributed by atoms with Gasteiger partial charge in [0.15, 0.2) is 18.9 Å². The number of hydrogen-bond donors (Lipinski definition) is 0. The monoisotopic (exact) mass is 482 g/mol. The first-order valence-electron chi connectivity index (χ1n) is 13.1. The van der Waals surface area contributed by atoms with Crippen LogP contribution in [0.25, 0.3) is 0 Å². The molecule has 3 aliphatic heterocycles. The van der Waals surface area contributed by atoms with E-state index in [1.54, 1.807) is 0 Å². The summed E-state index contributed by atoms with van der Waals surface area (Å²) >= 11 is 0. The second-order valence-electron chi connectivity index (χ2n) is 10.2. The molecule has 0 radical (unpaired) electrons. The molecule has 5 aliphatic rings. The molecule has 0 aromatic rings. The number of carbonyl (C=O) groups excluding carboxylic acids is 2. The van der Waals surface area contributed by atoms with Crippen LogP contribution in [-0.4, -0.2) is 68.9 Å². The summed E-state index contributed by atoms with van der Waals surface area (Å²) in [6.07, 6.45) is 4.97. The minimum atomic E-state index is -0.440. The molecule has 0 bridgehead atoms. The van der Waals surface area contributed by atoms with E-state index < -0.39 is 6.29 Å². The van der Waals surface area contributed by atoms with Crippen molar-refractivity contribution < 1.29 is 42.7 Å². The molecule has 34 heavy (non-hydrogen) atoms. The van der Waals surface area contributed by atoms with E-state index in [9.17, 15) is 9.59 Å². The number of carbonyl (C=O) groups is 2. The second-order valence-corrected chi connectivity index (χ2v) is 10.2. The van der Waals surface area contributed by atoms with Crippen molar-refractivity contribution >= 4 is 11.9 Å². The predicted molar refractivity (Wildman–Crippen MR) is 117 cm³/mol. The lowest BCUT2D eigenvalue weighted by molar-refractivity contribution is -0.289. The van der Waals surface area contributed by atoms with E-state index in [0.717, 1.165) is 51.4 Å². The van der Waals surface area contributed by atoms with Gasteiger partial charge in [-0.1, -0.05) is 0 Å². The summed E-state index contributed by atoms with van der Waals surface area (Å²) in [6, 6.07) is 0. The molecule has 0 aromatic heterocycles. The molecule has 0 aromatic carbocycles. The van der Waals surface area contributed by atoms with E-state index in [-0.39, 0.29) is 66.5 Å². The third-order valence-corrected chi connectivity index (χ3v) is 8.10. The molecule has 192 valence electrons. The zero-order chi connectivity index (χ0) is 23.7. The standard InChI is InChI=1S/C25H38O9/c1-3-28-21(26)14-5-9-16(10-6-14)23-30-13-18-19(32-23)20-25(31-18)34-24(33-20)17-11-7-15(8-12-17)22(27)29-4-2/h14-20,23-25H,3-13H2,1-2H3. The average Bonchev–Trinajstić information content (AvgIpc) is 3.42. The Hall–Kier alpha value is -1.26. The fourth-order valence-corrected chi connectivity index (χ4v) is 6.19. The maximum absolute atomic E-state index is 12.0. The molecule has 5 rings (SSSR count). The highest BCUT2D eigenvalue weighted by Gasteiger charge is 2.57. The molecule has 9 nitrogen and oxygen atoms in total. The Kier molecular flexibility index (Phi) is 7.75. The lowest BCUT2D eigenvalue weighted by Crippen LogP contribution is -2.49. The Morgan fingerprint density at radius 2 is 1.18 bits per heavy atom. The predicted octanol–water partition coefficient (Wildman–Crippen LogP) is 2.93. The van der Waals surface area contributed by atoms with Gasteiger partial charge in [0.25, 0.3) is 0 Å². The SMILES string of the molecule is CCOC(=O)C1CCC(C2OCC3OC4OC(C5CCC(C(=O)OCC)CC5)OC4C3O2)CC1. The summed E-state index contributed by atoms with van der Waals surface area (Å²) in [5.74, 6) is 0.288. The van der Waals surface area contributed by atoms with Gasteiger partial charge in [0.1, 0.15) is 18.3 Å². The molecule has 5 fully saturated rings. The largest absolute Gasteiger partial charge is 0.466 e. The molecule has 0 amide bonds. The van der Waals surface area contributed by atoms with Gasteiger partial charge in [-0.2, -0.15) is 0 Å². The second kappa shape index (κ2) is 10.8. The van der Waals surface area contributed by atoms with Crippen molar-refractivity contribution in [3.8, 4) is 0 Å². The smallest absolute Gasteiger partial charge is 0.308 e. The number of hydrogen-bond acceptors (Lipinski definition) is 9. The Labute approximate surface area is 201 Å². The Balaban J connectivity index is 1.11. The van der Waals surface area contributed by atoms with Crippen LogP contribution in [0.5, 0.6) is 0 Å². The molecule has 2 aliphatic carbocycles. The summed E-state index contributed by atoms with van der Waals surface area (Å²) in [4.78, 5) is 24.1. The molecule has 0 N–H and O–H groups in total. The van der Waals surface area contributed by atoms with Crippen LogP contribution >= 0.6 is 0 Å². The van der Waals surface area contributed by atoms with Crippen molar-refractivity contribution in [1.29, 1.82) is 0 Å². The van der Waals surface area contributed by atoms with E-state index in [1.807, 2.05) is 13.8 Å². The Morgan fingerprint density at radius 1 is 0.647 bits per heavy atom. The highest BCUT2D eigenvalue weighted by molar-refractivity contribution is 5.72. The molecular formula is C25H38O9. The van der Waals surface area contributed by atoms with Gasteiger partial charge in [0, 0.05) is 11.8 Å².